The largest absolute Gasteiger partial charge is 0.497 e. The predicted molar refractivity (Wildman–Crippen MR) is 136 cm³/mol. The van der Waals surface area contributed by atoms with Crippen molar-refractivity contribution in [1.82, 2.24) is 0 Å². The molecule has 3 aromatic carbocycles. The average molecular weight is 474 g/mol. The van der Waals surface area contributed by atoms with Crippen LogP contribution in [0.4, 0.5) is 0 Å². The van der Waals surface area contributed by atoms with Crippen molar-refractivity contribution >= 4 is 11.0 Å². The van der Waals surface area contributed by atoms with Gasteiger partial charge in [-0.15, -0.1) is 0 Å². The second-order valence-electron chi connectivity index (χ2n) is 9.20. The fourth-order valence-electron chi connectivity index (χ4n) is 4.63. The summed E-state index contributed by atoms with van der Waals surface area (Å²) in [6, 6.07) is 18.1. The van der Waals surface area contributed by atoms with E-state index in [-0.39, 0.29) is 13.0 Å². The fourth-order valence-corrected chi connectivity index (χ4v) is 4.63. The van der Waals surface area contributed by atoms with Gasteiger partial charge in [-0.25, -0.2) is 0 Å². The SMILES string of the molecule is COc1ccc(CC(O)O)c(OCc2c(C)oc3c(C4CC4)cc(-c4cccc(CN)c4)cc23)c1. The number of ether oxygens (including phenoxy) is 2. The van der Waals surface area contributed by atoms with Crippen molar-refractivity contribution in [3.8, 4) is 22.6 Å². The van der Waals surface area contributed by atoms with Crippen molar-refractivity contribution in [2.24, 2.45) is 5.73 Å². The number of furan rings is 1. The number of aryl methyl sites for hydroxylation is 1. The van der Waals surface area contributed by atoms with E-state index in [9.17, 15) is 10.2 Å². The Kier molecular flexibility index (Phi) is 6.52. The minimum absolute atomic E-state index is 0.0674. The highest BCUT2D eigenvalue weighted by Gasteiger charge is 2.29. The number of hydrogen-bond donors (Lipinski definition) is 3. The molecule has 35 heavy (non-hydrogen) atoms. The first-order valence-corrected chi connectivity index (χ1v) is 12.0. The molecule has 1 saturated carbocycles. The number of aliphatic hydroxyl groups excluding tert-OH is 1. The van der Waals surface area contributed by atoms with Gasteiger partial charge >= 0.3 is 0 Å². The number of aliphatic hydroxyl groups is 2. The summed E-state index contributed by atoms with van der Waals surface area (Å²) in [6.45, 7) is 2.76. The Balaban J connectivity index is 1.55. The maximum atomic E-state index is 9.50. The van der Waals surface area contributed by atoms with Gasteiger partial charge in [0.1, 0.15) is 29.4 Å². The van der Waals surface area contributed by atoms with Gasteiger partial charge in [0, 0.05) is 30.0 Å². The molecule has 0 aliphatic heterocycles. The summed E-state index contributed by atoms with van der Waals surface area (Å²) in [5.41, 5.74) is 13.1. The van der Waals surface area contributed by atoms with Gasteiger partial charge in [0.2, 0.25) is 0 Å². The standard InChI is InChI=1S/C29H31NO5/c1-17-26(16-34-27-14-23(33-2)9-8-21(27)13-28(31)32)25-12-22(20-5-3-4-18(10-20)15-30)11-24(19-6-7-19)29(25)35-17/h3-5,8-12,14,19,28,31-32H,6-7,13,15-16,30H2,1-2H3. The Bertz CT molecular complexity index is 1350. The third-order valence-corrected chi connectivity index (χ3v) is 6.68. The molecule has 0 bridgehead atoms. The van der Waals surface area contributed by atoms with Crippen molar-refractivity contribution in [1.29, 1.82) is 0 Å². The van der Waals surface area contributed by atoms with Crippen LogP contribution in [0.25, 0.3) is 22.1 Å². The van der Waals surface area contributed by atoms with E-state index in [0.29, 0.717) is 29.5 Å². The lowest BCUT2D eigenvalue weighted by Gasteiger charge is -2.14. The summed E-state index contributed by atoms with van der Waals surface area (Å²) in [4.78, 5) is 0. The summed E-state index contributed by atoms with van der Waals surface area (Å²) in [5.74, 6) is 2.54. The van der Waals surface area contributed by atoms with E-state index in [1.54, 1.807) is 25.3 Å². The Hall–Kier alpha value is -3.32. The highest BCUT2D eigenvalue weighted by atomic mass is 16.5. The molecule has 0 radical (unpaired) electrons. The van der Waals surface area contributed by atoms with E-state index in [2.05, 4.69) is 24.3 Å². The number of hydrogen-bond acceptors (Lipinski definition) is 6. The number of rotatable bonds is 9. The van der Waals surface area contributed by atoms with Crippen LogP contribution in [0, 0.1) is 6.92 Å². The lowest BCUT2D eigenvalue weighted by molar-refractivity contribution is -0.0385. The predicted octanol–water partition coefficient (Wildman–Crippen LogP) is 5.19. The number of methoxy groups -OCH3 is 1. The van der Waals surface area contributed by atoms with Gasteiger partial charge < -0.3 is 29.8 Å². The van der Waals surface area contributed by atoms with Crippen LogP contribution in [0.15, 0.2) is 59.0 Å². The van der Waals surface area contributed by atoms with E-state index in [1.165, 1.54) is 18.4 Å². The van der Waals surface area contributed by atoms with Crippen LogP contribution in [0.2, 0.25) is 0 Å². The third kappa shape index (κ3) is 4.91. The fraction of sp³-hybridized carbons (Fsp3) is 0.310. The molecular weight excluding hydrogens is 442 g/mol. The quantitative estimate of drug-likeness (QED) is 0.290. The maximum absolute atomic E-state index is 9.50. The molecule has 1 aliphatic carbocycles. The molecular formula is C29H31NO5. The van der Waals surface area contributed by atoms with E-state index in [4.69, 9.17) is 19.6 Å². The molecule has 1 heterocycles. The average Bonchev–Trinajstić information content (AvgIpc) is 3.65. The van der Waals surface area contributed by atoms with Gasteiger partial charge in [0.25, 0.3) is 0 Å². The van der Waals surface area contributed by atoms with Crippen LogP contribution in [0.1, 0.15) is 46.8 Å². The Morgan fingerprint density at radius 1 is 1.06 bits per heavy atom. The molecule has 0 spiro atoms. The highest BCUT2D eigenvalue weighted by Crippen LogP contribution is 2.46. The molecule has 1 fully saturated rings. The third-order valence-electron chi connectivity index (χ3n) is 6.68. The molecule has 0 amide bonds. The summed E-state index contributed by atoms with van der Waals surface area (Å²) in [7, 11) is 1.59. The van der Waals surface area contributed by atoms with E-state index < -0.39 is 6.29 Å². The first-order valence-electron chi connectivity index (χ1n) is 12.0. The van der Waals surface area contributed by atoms with Crippen LogP contribution in [-0.2, 0) is 19.6 Å². The van der Waals surface area contributed by atoms with Crippen LogP contribution in [0.5, 0.6) is 11.5 Å². The molecule has 4 N–H and O–H groups in total. The number of fused-ring (bicyclic) bond motifs is 1. The van der Waals surface area contributed by atoms with Crippen LogP contribution < -0.4 is 15.2 Å². The first kappa shape index (κ1) is 23.4. The topological polar surface area (TPSA) is 98.1 Å². The van der Waals surface area contributed by atoms with Crippen LogP contribution in [0.3, 0.4) is 0 Å². The van der Waals surface area contributed by atoms with Gasteiger partial charge in [-0.2, -0.15) is 0 Å². The van der Waals surface area contributed by atoms with E-state index in [1.807, 2.05) is 19.1 Å². The van der Waals surface area contributed by atoms with E-state index in [0.717, 1.165) is 39.0 Å². The van der Waals surface area contributed by atoms with Crippen molar-refractivity contribution in [3.63, 3.8) is 0 Å². The summed E-state index contributed by atoms with van der Waals surface area (Å²) in [5, 5.41) is 20.1. The minimum Gasteiger partial charge on any atom is -0.497 e. The van der Waals surface area contributed by atoms with Crippen LogP contribution >= 0.6 is 0 Å². The van der Waals surface area contributed by atoms with Gasteiger partial charge in [-0.05, 0) is 77.8 Å². The summed E-state index contributed by atoms with van der Waals surface area (Å²) < 4.78 is 17.9. The number of nitrogens with two attached hydrogens (primary N) is 1. The van der Waals surface area contributed by atoms with Crippen LogP contribution in [-0.4, -0.2) is 23.6 Å². The van der Waals surface area contributed by atoms with Gasteiger partial charge in [0.15, 0.2) is 6.29 Å². The van der Waals surface area contributed by atoms with Crippen molar-refractivity contribution in [2.75, 3.05) is 7.11 Å². The minimum atomic E-state index is -1.46. The second kappa shape index (κ2) is 9.74. The van der Waals surface area contributed by atoms with Gasteiger partial charge in [0.05, 0.1) is 7.11 Å². The van der Waals surface area contributed by atoms with Crippen molar-refractivity contribution in [3.05, 3.63) is 82.6 Å². The normalized spacial score (nSPS) is 13.5. The Morgan fingerprint density at radius 3 is 2.60 bits per heavy atom. The molecule has 4 aromatic rings. The monoisotopic (exact) mass is 473 g/mol. The Morgan fingerprint density at radius 2 is 1.89 bits per heavy atom. The maximum Gasteiger partial charge on any atom is 0.155 e. The molecule has 6 nitrogen and oxygen atoms in total. The molecule has 6 heteroatoms. The molecule has 1 aliphatic rings. The molecule has 0 atom stereocenters. The van der Waals surface area contributed by atoms with Crippen molar-refractivity contribution in [2.45, 2.75) is 51.5 Å². The van der Waals surface area contributed by atoms with Gasteiger partial charge in [-0.1, -0.05) is 24.3 Å². The second-order valence-corrected chi connectivity index (χ2v) is 9.20. The lowest BCUT2D eigenvalue weighted by Crippen LogP contribution is -2.10. The summed E-state index contributed by atoms with van der Waals surface area (Å²) in [6.07, 6.45) is 0.945. The molecule has 5 rings (SSSR count). The summed E-state index contributed by atoms with van der Waals surface area (Å²) >= 11 is 0. The highest BCUT2D eigenvalue weighted by molar-refractivity contribution is 5.90. The zero-order valence-corrected chi connectivity index (χ0v) is 20.1. The molecule has 0 saturated heterocycles. The smallest absolute Gasteiger partial charge is 0.155 e. The van der Waals surface area contributed by atoms with Crippen molar-refractivity contribution < 1.29 is 24.1 Å². The zero-order chi connectivity index (χ0) is 24.5. The molecule has 1 aromatic heterocycles. The van der Waals surface area contributed by atoms with E-state index >= 15 is 0 Å². The molecule has 0 unspecified atom stereocenters. The zero-order valence-electron chi connectivity index (χ0n) is 20.1. The number of benzene rings is 3. The molecule has 182 valence electrons. The Labute approximate surface area is 204 Å². The first-order chi connectivity index (χ1) is 17.0. The van der Waals surface area contributed by atoms with Gasteiger partial charge in [-0.3, -0.25) is 0 Å². The lowest BCUT2D eigenvalue weighted by atomic mass is 9.96.